The van der Waals surface area contributed by atoms with Gasteiger partial charge in [-0.2, -0.15) is 0 Å². The van der Waals surface area contributed by atoms with E-state index in [9.17, 15) is 0 Å². The second-order valence-corrected chi connectivity index (χ2v) is 6.60. The third kappa shape index (κ3) is 2.78. The fourth-order valence-corrected chi connectivity index (χ4v) is 2.98. The summed E-state index contributed by atoms with van der Waals surface area (Å²) in [6.45, 7) is 13.9. The molecule has 0 aromatic rings. The Balaban J connectivity index is 2.82. The molecule has 1 aliphatic rings. The minimum atomic E-state index is 0.165. The van der Waals surface area contributed by atoms with E-state index in [1.54, 1.807) is 0 Å². The molecule has 2 heteroatoms. The zero-order valence-electron chi connectivity index (χ0n) is 11.8. The van der Waals surface area contributed by atoms with Crippen LogP contribution in [0.1, 0.15) is 60.3 Å². The van der Waals surface area contributed by atoms with E-state index in [2.05, 4.69) is 39.5 Å². The Hall–Kier alpha value is -0.0800. The van der Waals surface area contributed by atoms with E-state index in [4.69, 9.17) is 5.73 Å². The Morgan fingerprint density at radius 1 is 1.06 bits per heavy atom. The highest BCUT2D eigenvalue weighted by Crippen LogP contribution is 2.34. The summed E-state index contributed by atoms with van der Waals surface area (Å²) in [6.07, 6.45) is 5.21. The molecule has 96 valence electrons. The molecular weight excluding hydrogens is 196 g/mol. The molecule has 2 unspecified atom stereocenters. The standard InChI is InChI=1S/C14H30N2/c1-6-14(5,12(15)13(2,3)4)16-10-8-7-9-11-16/h12H,6-11,15H2,1-5H3. The average Bonchev–Trinajstić information content (AvgIpc) is 2.27. The average molecular weight is 226 g/mol. The number of nitrogens with two attached hydrogens (primary N) is 1. The summed E-state index contributed by atoms with van der Waals surface area (Å²) in [6, 6.07) is 0.239. The third-order valence-electron chi connectivity index (χ3n) is 4.40. The van der Waals surface area contributed by atoms with Gasteiger partial charge in [0.1, 0.15) is 0 Å². The van der Waals surface area contributed by atoms with Gasteiger partial charge in [0.15, 0.2) is 0 Å². The number of rotatable bonds is 3. The lowest BCUT2D eigenvalue weighted by atomic mass is 9.73. The molecule has 0 aliphatic carbocycles. The summed E-state index contributed by atoms with van der Waals surface area (Å²) in [5, 5.41) is 0. The summed E-state index contributed by atoms with van der Waals surface area (Å²) >= 11 is 0. The summed E-state index contributed by atoms with van der Waals surface area (Å²) in [4.78, 5) is 2.63. The molecule has 1 saturated heterocycles. The first-order valence-corrected chi connectivity index (χ1v) is 6.83. The van der Waals surface area contributed by atoms with E-state index in [1.165, 1.54) is 32.4 Å². The molecule has 0 bridgehead atoms. The van der Waals surface area contributed by atoms with Crippen LogP contribution in [0.25, 0.3) is 0 Å². The molecule has 1 heterocycles. The predicted molar refractivity (Wildman–Crippen MR) is 71.6 cm³/mol. The largest absolute Gasteiger partial charge is 0.326 e. The number of hydrogen-bond donors (Lipinski definition) is 1. The number of hydrogen-bond acceptors (Lipinski definition) is 2. The molecule has 0 spiro atoms. The highest BCUT2D eigenvalue weighted by molar-refractivity contribution is 5.00. The van der Waals surface area contributed by atoms with Gasteiger partial charge in [0.05, 0.1) is 0 Å². The minimum Gasteiger partial charge on any atom is -0.326 e. The Labute approximate surface area is 102 Å². The molecule has 0 aromatic heterocycles. The number of likely N-dealkylation sites (tertiary alicyclic amines) is 1. The Morgan fingerprint density at radius 2 is 1.56 bits per heavy atom. The molecule has 0 saturated carbocycles. The molecular formula is C14H30N2. The van der Waals surface area contributed by atoms with Crippen LogP contribution < -0.4 is 5.73 Å². The van der Waals surface area contributed by atoms with Gasteiger partial charge in [0.25, 0.3) is 0 Å². The summed E-state index contributed by atoms with van der Waals surface area (Å²) in [7, 11) is 0. The first kappa shape index (κ1) is 14.0. The maximum absolute atomic E-state index is 6.53. The summed E-state index contributed by atoms with van der Waals surface area (Å²) in [5.41, 5.74) is 6.88. The number of piperidine rings is 1. The SMILES string of the molecule is CCC(C)(C(N)C(C)(C)C)N1CCCCC1. The fraction of sp³-hybridized carbons (Fsp3) is 1.00. The van der Waals surface area contributed by atoms with Crippen LogP contribution in [0.4, 0.5) is 0 Å². The zero-order valence-corrected chi connectivity index (χ0v) is 11.8. The second-order valence-electron chi connectivity index (χ2n) is 6.60. The van der Waals surface area contributed by atoms with Crippen molar-refractivity contribution in [2.24, 2.45) is 11.1 Å². The summed E-state index contributed by atoms with van der Waals surface area (Å²) < 4.78 is 0. The predicted octanol–water partition coefficient (Wildman–Crippen LogP) is 3.01. The minimum absolute atomic E-state index is 0.165. The van der Waals surface area contributed by atoms with Crippen molar-refractivity contribution in [1.29, 1.82) is 0 Å². The Bertz CT molecular complexity index is 213. The molecule has 0 aromatic carbocycles. The van der Waals surface area contributed by atoms with Crippen molar-refractivity contribution in [1.82, 2.24) is 4.90 Å². The lowest BCUT2D eigenvalue weighted by Gasteiger charge is -2.50. The highest BCUT2D eigenvalue weighted by Gasteiger charge is 2.41. The van der Waals surface area contributed by atoms with E-state index in [0.29, 0.717) is 0 Å². The van der Waals surface area contributed by atoms with Gasteiger partial charge >= 0.3 is 0 Å². The van der Waals surface area contributed by atoms with Crippen LogP contribution >= 0.6 is 0 Å². The topological polar surface area (TPSA) is 29.3 Å². The maximum Gasteiger partial charge on any atom is 0.0334 e. The summed E-state index contributed by atoms with van der Waals surface area (Å²) in [5.74, 6) is 0. The lowest BCUT2D eigenvalue weighted by Crippen LogP contribution is -2.63. The second kappa shape index (κ2) is 5.05. The molecule has 1 aliphatic heterocycles. The highest BCUT2D eigenvalue weighted by atomic mass is 15.2. The van der Waals surface area contributed by atoms with Gasteiger partial charge in [0, 0.05) is 11.6 Å². The van der Waals surface area contributed by atoms with Gasteiger partial charge in [-0.3, -0.25) is 4.90 Å². The number of nitrogens with zero attached hydrogens (tertiary/aromatic N) is 1. The van der Waals surface area contributed by atoms with Crippen molar-refractivity contribution in [2.45, 2.75) is 71.9 Å². The van der Waals surface area contributed by atoms with E-state index < -0.39 is 0 Å². The Kier molecular flexibility index (Phi) is 4.42. The quantitative estimate of drug-likeness (QED) is 0.801. The molecule has 2 N–H and O–H groups in total. The van der Waals surface area contributed by atoms with Crippen molar-refractivity contribution >= 4 is 0 Å². The first-order chi connectivity index (χ1) is 7.32. The van der Waals surface area contributed by atoms with Crippen molar-refractivity contribution < 1.29 is 0 Å². The smallest absolute Gasteiger partial charge is 0.0334 e. The van der Waals surface area contributed by atoms with Crippen molar-refractivity contribution in [3.63, 3.8) is 0 Å². The van der Waals surface area contributed by atoms with Crippen LogP contribution in [0.2, 0.25) is 0 Å². The van der Waals surface area contributed by atoms with Crippen LogP contribution in [0.5, 0.6) is 0 Å². The molecule has 2 nitrogen and oxygen atoms in total. The van der Waals surface area contributed by atoms with E-state index in [0.717, 1.165) is 6.42 Å². The van der Waals surface area contributed by atoms with Crippen molar-refractivity contribution in [2.75, 3.05) is 13.1 Å². The van der Waals surface area contributed by atoms with Gasteiger partial charge in [0.2, 0.25) is 0 Å². The molecule has 1 rings (SSSR count). The van der Waals surface area contributed by atoms with Crippen molar-refractivity contribution in [3.8, 4) is 0 Å². The van der Waals surface area contributed by atoms with Crippen LogP contribution in [-0.2, 0) is 0 Å². The van der Waals surface area contributed by atoms with Crippen LogP contribution in [0, 0.1) is 5.41 Å². The van der Waals surface area contributed by atoms with Gasteiger partial charge in [-0.1, -0.05) is 34.1 Å². The molecule has 1 fully saturated rings. The van der Waals surface area contributed by atoms with E-state index >= 15 is 0 Å². The fourth-order valence-electron chi connectivity index (χ4n) is 2.98. The van der Waals surface area contributed by atoms with Gasteiger partial charge < -0.3 is 5.73 Å². The van der Waals surface area contributed by atoms with Crippen LogP contribution in [0.15, 0.2) is 0 Å². The van der Waals surface area contributed by atoms with E-state index in [1.807, 2.05) is 0 Å². The molecule has 2 atom stereocenters. The first-order valence-electron chi connectivity index (χ1n) is 6.83. The normalized spacial score (nSPS) is 25.1. The Morgan fingerprint density at radius 3 is 1.94 bits per heavy atom. The lowest BCUT2D eigenvalue weighted by molar-refractivity contribution is 0.0211. The van der Waals surface area contributed by atoms with Crippen LogP contribution in [-0.4, -0.2) is 29.6 Å². The maximum atomic E-state index is 6.53. The molecule has 0 radical (unpaired) electrons. The van der Waals surface area contributed by atoms with Gasteiger partial charge in [-0.15, -0.1) is 0 Å². The molecule has 16 heavy (non-hydrogen) atoms. The monoisotopic (exact) mass is 226 g/mol. The van der Waals surface area contributed by atoms with E-state index in [-0.39, 0.29) is 17.0 Å². The zero-order chi connectivity index (χ0) is 12.4. The van der Waals surface area contributed by atoms with Crippen molar-refractivity contribution in [3.05, 3.63) is 0 Å². The third-order valence-corrected chi connectivity index (χ3v) is 4.40. The van der Waals surface area contributed by atoms with Crippen LogP contribution in [0.3, 0.4) is 0 Å². The van der Waals surface area contributed by atoms with Gasteiger partial charge in [-0.25, -0.2) is 0 Å². The van der Waals surface area contributed by atoms with Gasteiger partial charge in [-0.05, 0) is 44.7 Å². The molecule has 0 amide bonds.